The largest absolute Gasteiger partial charge is 0.497 e. The fourth-order valence-corrected chi connectivity index (χ4v) is 4.09. The Labute approximate surface area is 170 Å². The molecule has 1 aliphatic heterocycles. The zero-order valence-electron chi connectivity index (χ0n) is 15.5. The number of rotatable bonds is 6. The van der Waals surface area contributed by atoms with Gasteiger partial charge in [0.05, 0.1) is 20.3 Å². The molecule has 0 bridgehead atoms. The van der Waals surface area contributed by atoms with E-state index in [4.69, 9.17) is 32.7 Å². The number of likely N-dealkylation sites (tertiary alicyclic amines) is 1. The van der Waals surface area contributed by atoms with Crippen molar-refractivity contribution >= 4 is 29.1 Å². The number of halogens is 2. The minimum Gasteiger partial charge on any atom is -0.497 e. The van der Waals surface area contributed by atoms with Crippen LogP contribution in [0.1, 0.15) is 36.4 Å². The lowest BCUT2D eigenvalue weighted by Gasteiger charge is -2.26. The van der Waals surface area contributed by atoms with Gasteiger partial charge in [-0.05, 0) is 49.1 Å². The number of hydrogen-bond acceptors (Lipinski definition) is 3. The van der Waals surface area contributed by atoms with Crippen LogP contribution >= 0.6 is 23.2 Å². The number of methoxy groups -OCH3 is 2. The fourth-order valence-electron chi connectivity index (χ4n) is 3.59. The van der Waals surface area contributed by atoms with Gasteiger partial charge in [0.1, 0.15) is 11.5 Å². The Hall–Kier alpha value is -1.91. The molecule has 27 heavy (non-hydrogen) atoms. The second-order valence-electron chi connectivity index (χ2n) is 6.59. The van der Waals surface area contributed by atoms with Crippen LogP contribution in [0, 0.1) is 0 Å². The highest BCUT2D eigenvalue weighted by Gasteiger charge is 2.31. The van der Waals surface area contributed by atoms with Crippen molar-refractivity contribution < 1.29 is 14.3 Å². The summed E-state index contributed by atoms with van der Waals surface area (Å²) in [7, 11) is 3.27. The summed E-state index contributed by atoms with van der Waals surface area (Å²) in [4.78, 5) is 14.8. The maximum Gasteiger partial charge on any atom is 0.223 e. The molecule has 6 heteroatoms. The summed E-state index contributed by atoms with van der Waals surface area (Å²) in [6, 6.07) is 11.2. The minimum absolute atomic E-state index is 0.0269. The third-order valence-electron chi connectivity index (χ3n) is 5.00. The van der Waals surface area contributed by atoms with Gasteiger partial charge in [0, 0.05) is 34.6 Å². The van der Waals surface area contributed by atoms with Crippen molar-refractivity contribution in [1.29, 1.82) is 0 Å². The number of hydrogen-bond donors (Lipinski definition) is 0. The van der Waals surface area contributed by atoms with Crippen LogP contribution < -0.4 is 9.47 Å². The molecule has 3 rings (SSSR count). The molecule has 4 nitrogen and oxygen atoms in total. The molecule has 1 atom stereocenters. The summed E-state index contributed by atoms with van der Waals surface area (Å²) in [5, 5.41) is 1.20. The second-order valence-corrected chi connectivity index (χ2v) is 7.43. The Balaban J connectivity index is 1.73. The topological polar surface area (TPSA) is 38.8 Å². The lowest BCUT2D eigenvalue weighted by molar-refractivity contribution is -0.132. The molecule has 1 unspecified atom stereocenters. The highest BCUT2D eigenvalue weighted by Crippen LogP contribution is 2.39. The Morgan fingerprint density at radius 1 is 1.15 bits per heavy atom. The van der Waals surface area contributed by atoms with E-state index in [-0.39, 0.29) is 11.9 Å². The molecular weight excluding hydrogens is 385 g/mol. The molecule has 1 aliphatic rings. The highest BCUT2D eigenvalue weighted by atomic mass is 35.5. The van der Waals surface area contributed by atoms with E-state index < -0.39 is 0 Å². The van der Waals surface area contributed by atoms with Crippen LogP contribution in [-0.2, 0) is 11.2 Å². The van der Waals surface area contributed by atoms with Gasteiger partial charge in [-0.2, -0.15) is 0 Å². The average Bonchev–Trinajstić information content (AvgIpc) is 3.16. The molecular formula is C21H23Cl2NO3. The monoisotopic (exact) mass is 407 g/mol. The first-order valence-electron chi connectivity index (χ1n) is 8.98. The van der Waals surface area contributed by atoms with Crippen LogP contribution in [0.2, 0.25) is 10.0 Å². The third-order valence-corrected chi connectivity index (χ3v) is 5.58. The SMILES string of the molecule is COc1ccc(C2CCCN2C(=O)CCc2ccc(Cl)cc2Cl)c(OC)c1. The van der Waals surface area contributed by atoms with Crippen molar-refractivity contribution in [3.05, 3.63) is 57.6 Å². The van der Waals surface area contributed by atoms with E-state index in [0.29, 0.717) is 22.9 Å². The molecule has 0 radical (unpaired) electrons. The maximum absolute atomic E-state index is 12.9. The molecule has 1 amide bonds. The van der Waals surface area contributed by atoms with E-state index in [1.54, 1.807) is 26.4 Å². The van der Waals surface area contributed by atoms with Crippen molar-refractivity contribution in [1.82, 2.24) is 4.90 Å². The lowest BCUT2D eigenvalue weighted by atomic mass is 10.0. The Morgan fingerprint density at radius 2 is 1.96 bits per heavy atom. The molecule has 2 aromatic carbocycles. The number of amides is 1. The van der Waals surface area contributed by atoms with Crippen LogP contribution in [0.15, 0.2) is 36.4 Å². The van der Waals surface area contributed by atoms with Gasteiger partial charge in [-0.15, -0.1) is 0 Å². The van der Waals surface area contributed by atoms with Crippen molar-refractivity contribution in [2.45, 2.75) is 31.7 Å². The van der Waals surface area contributed by atoms with Crippen LogP contribution in [0.5, 0.6) is 11.5 Å². The first-order valence-corrected chi connectivity index (χ1v) is 9.74. The number of carbonyl (C=O) groups excluding carboxylic acids is 1. The lowest BCUT2D eigenvalue weighted by Crippen LogP contribution is -2.31. The summed E-state index contributed by atoms with van der Waals surface area (Å²) in [5.74, 6) is 1.62. The number of aryl methyl sites for hydroxylation is 1. The summed E-state index contributed by atoms with van der Waals surface area (Å²) < 4.78 is 10.8. The maximum atomic E-state index is 12.9. The van der Waals surface area contributed by atoms with E-state index in [2.05, 4.69) is 0 Å². The third kappa shape index (κ3) is 4.50. The van der Waals surface area contributed by atoms with E-state index >= 15 is 0 Å². The van der Waals surface area contributed by atoms with E-state index in [0.717, 1.165) is 42.0 Å². The molecule has 2 aromatic rings. The second kappa shape index (κ2) is 8.85. The molecule has 0 aliphatic carbocycles. The zero-order valence-corrected chi connectivity index (χ0v) is 17.0. The average molecular weight is 408 g/mol. The molecule has 0 spiro atoms. The Kier molecular flexibility index (Phi) is 6.51. The minimum atomic E-state index is 0.0269. The summed E-state index contributed by atoms with van der Waals surface area (Å²) in [6.07, 6.45) is 2.91. The van der Waals surface area contributed by atoms with Gasteiger partial charge in [0.25, 0.3) is 0 Å². The van der Waals surface area contributed by atoms with Gasteiger partial charge in [0.2, 0.25) is 5.91 Å². The van der Waals surface area contributed by atoms with E-state index in [9.17, 15) is 4.79 Å². The van der Waals surface area contributed by atoms with E-state index in [1.165, 1.54) is 0 Å². The van der Waals surface area contributed by atoms with Crippen molar-refractivity contribution in [2.75, 3.05) is 20.8 Å². The van der Waals surface area contributed by atoms with Crippen molar-refractivity contribution in [2.24, 2.45) is 0 Å². The van der Waals surface area contributed by atoms with Crippen LogP contribution in [0.25, 0.3) is 0 Å². The summed E-state index contributed by atoms with van der Waals surface area (Å²) >= 11 is 12.2. The van der Waals surface area contributed by atoms with Gasteiger partial charge < -0.3 is 14.4 Å². The fraction of sp³-hybridized carbons (Fsp3) is 0.381. The smallest absolute Gasteiger partial charge is 0.223 e. The standard InChI is InChI=1S/C21H23Cl2NO3/c1-26-16-8-9-17(20(13-16)27-2)19-4-3-11-24(19)21(25)10-6-14-5-7-15(22)12-18(14)23/h5,7-9,12-13,19H,3-4,6,10-11H2,1-2H3. The van der Waals surface area contributed by atoms with Crippen molar-refractivity contribution in [3.8, 4) is 11.5 Å². The summed E-state index contributed by atoms with van der Waals surface area (Å²) in [6.45, 7) is 0.757. The van der Waals surface area contributed by atoms with Gasteiger partial charge in [-0.1, -0.05) is 29.3 Å². The quantitative estimate of drug-likeness (QED) is 0.651. The normalized spacial score (nSPS) is 16.4. The molecule has 0 saturated carbocycles. The number of ether oxygens (including phenoxy) is 2. The first-order chi connectivity index (χ1) is 13.0. The highest BCUT2D eigenvalue weighted by molar-refractivity contribution is 6.35. The zero-order chi connectivity index (χ0) is 19.4. The van der Waals surface area contributed by atoms with Crippen LogP contribution in [0.3, 0.4) is 0 Å². The van der Waals surface area contributed by atoms with Gasteiger partial charge in [0.15, 0.2) is 0 Å². The van der Waals surface area contributed by atoms with E-state index in [1.807, 2.05) is 29.2 Å². The van der Waals surface area contributed by atoms with Gasteiger partial charge >= 0.3 is 0 Å². The Bertz CT molecular complexity index is 825. The molecule has 1 fully saturated rings. The number of benzene rings is 2. The molecule has 1 saturated heterocycles. The van der Waals surface area contributed by atoms with Crippen LogP contribution in [-0.4, -0.2) is 31.6 Å². The molecule has 0 aromatic heterocycles. The van der Waals surface area contributed by atoms with Gasteiger partial charge in [-0.25, -0.2) is 0 Å². The van der Waals surface area contributed by atoms with Crippen LogP contribution in [0.4, 0.5) is 0 Å². The number of nitrogens with zero attached hydrogens (tertiary/aromatic N) is 1. The molecule has 144 valence electrons. The first kappa shape index (κ1) is 19.8. The predicted octanol–water partition coefficient (Wildman–Crippen LogP) is 5.31. The molecule has 1 heterocycles. The predicted molar refractivity (Wildman–Crippen MR) is 108 cm³/mol. The molecule has 0 N–H and O–H groups in total. The van der Waals surface area contributed by atoms with Gasteiger partial charge in [-0.3, -0.25) is 4.79 Å². The summed E-state index contributed by atoms with van der Waals surface area (Å²) in [5.41, 5.74) is 1.96. The Morgan fingerprint density at radius 3 is 2.67 bits per heavy atom. The van der Waals surface area contributed by atoms with Crippen molar-refractivity contribution in [3.63, 3.8) is 0 Å². The number of carbonyl (C=O) groups is 1.